The molecule has 0 aliphatic carbocycles. The molecule has 2 aromatic rings. The fourth-order valence-corrected chi connectivity index (χ4v) is 2.61. The summed E-state index contributed by atoms with van der Waals surface area (Å²) in [6, 6.07) is 20.6. The first-order valence-electron chi connectivity index (χ1n) is 11.2. The van der Waals surface area contributed by atoms with Crippen molar-refractivity contribution < 1.29 is 14.6 Å². The van der Waals surface area contributed by atoms with Crippen molar-refractivity contribution in [2.45, 2.75) is 53.6 Å². The molecule has 1 amide bonds. The number of carbonyl (C=O) groups is 1. The maximum Gasteiger partial charge on any atom is 0.236 e. The van der Waals surface area contributed by atoms with Gasteiger partial charge in [0.2, 0.25) is 5.91 Å². The minimum absolute atomic E-state index is 0.184. The molecule has 7 heteroatoms. The number of benzene rings is 2. The van der Waals surface area contributed by atoms with Gasteiger partial charge in [0, 0.05) is 32.2 Å². The minimum atomic E-state index is -0.184. The van der Waals surface area contributed by atoms with Gasteiger partial charge in [-0.1, -0.05) is 36.4 Å². The molecule has 0 radical (unpaired) electrons. The fourth-order valence-electron chi connectivity index (χ4n) is 2.61. The normalized spacial score (nSPS) is 9.94. The molecule has 0 bridgehead atoms. The Labute approximate surface area is 206 Å². The molecule has 0 fully saturated rings. The van der Waals surface area contributed by atoms with Crippen molar-refractivity contribution in [3.8, 4) is 5.75 Å². The predicted molar refractivity (Wildman–Crippen MR) is 144 cm³/mol. The van der Waals surface area contributed by atoms with Gasteiger partial charge in [-0.15, -0.1) is 0 Å². The molecule has 6 nitrogen and oxygen atoms in total. The predicted octanol–water partition coefficient (Wildman–Crippen LogP) is 4.89. The summed E-state index contributed by atoms with van der Waals surface area (Å²) in [5, 5.41) is 11.4. The molecule has 0 aliphatic heterocycles. The number of hydrogen-bond acceptors (Lipinski definition) is 6. The summed E-state index contributed by atoms with van der Waals surface area (Å²) in [5.41, 5.74) is 3.28. The highest BCUT2D eigenvalue weighted by Gasteiger charge is 2.12. The van der Waals surface area contributed by atoms with E-state index in [9.17, 15) is 4.79 Å². The Morgan fingerprint density at radius 2 is 1.45 bits per heavy atom. The van der Waals surface area contributed by atoms with Crippen molar-refractivity contribution in [1.82, 2.24) is 10.3 Å². The van der Waals surface area contributed by atoms with Crippen LogP contribution in [0.15, 0.2) is 65.8 Å². The number of rotatable bonds is 8. The molecular weight excluding hydrogens is 434 g/mol. The molecule has 0 atom stereocenters. The van der Waals surface area contributed by atoms with Crippen LogP contribution in [-0.4, -0.2) is 60.2 Å². The molecule has 0 aliphatic rings. The first-order valence-corrected chi connectivity index (χ1v) is 12.0. The zero-order valence-electron chi connectivity index (χ0n) is 21.2. The van der Waals surface area contributed by atoms with Crippen LogP contribution in [0.4, 0.5) is 0 Å². The number of nitrogens with zero attached hydrogens (tertiary/aromatic N) is 2. The van der Waals surface area contributed by atoms with E-state index in [0.717, 1.165) is 17.9 Å². The van der Waals surface area contributed by atoms with Crippen LogP contribution in [0.5, 0.6) is 5.75 Å². The van der Waals surface area contributed by atoms with E-state index < -0.39 is 0 Å². The van der Waals surface area contributed by atoms with Gasteiger partial charge < -0.3 is 9.84 Å². The van der Waals surface area contributed by atoms with Crippen LogP contribution >= 0.6 is 12.6 Å². The van der Waals surface area contributed by atoms with Crippen molar-refractivity contribution in [1.29, 1.82) is 0 Å². The van der Waals surface area contributed by atoms with Gasteiger partial charge >= 0.3 is 0 Å². The summed E-state index contributed by atoms with van der Waals surface area (Å²) in [6.07, 6.45) is 3.30. The zero-order chi connectivity index (χ0) is 25.5. The van der Waals surface area contributed by atoms with E-state index in [2.05, 4.69) is 55.8 Å². The molecule has 0 saturated heterocycles. The second-order valence-corrected chi connectivity index (χ2v) is 7.24. The van der Waals surface area contributed by atoms with Crippen molar-refractivity contribution in [2.24, 2.45) is 5.10 Å². The lowest BCUT2D eigenvalue weighted by Gasteiger charge is -2.30. The molecule has 0 heterocycles. The summed E-state index contributed by atoms with van der Waals surface area (Å²) in [4.78, 5) is 13.1. The third kappa shape index (κ3) is 20.0. The highest BCUT2D eigenvalue weighted by molar-refractivity contribution is 7.79. The highest BCUT2D eigenvalue weighted by atomic mass is 32.1. The summed E-state index contributed by atoms with van der Waals surface area (Å²) in [6.45, 7) is 13.7. The zero-order valence-corrected chi connectivity index (χ0v) is 22.1. The molecule has 186 valence electrons. The van der Waals surface area contributed by atoms with Gasteiger partial charge in [0.1, 0.15) is 12.4 Å². The molecular formula is C26H43N3O3S. The Morgan fingerprint density at radius 1 is 1.03 bits per heavy atom. The van der Waals surface area contributed by atoms with Gasteiger partial charge in [0.25, 0.3) is 0 Å². The number of ether oxygens (including phenoxy) is 1. The van der Waals surface area contributed by atoms with E-state index in [1.54, 1.807) is 19.4 Å². The van der Waals surface area contributed by atoms with Crippen LogP contribution in [0.25, 0.3) is 0 Å². The van der Waals surface area contributed by atoms with Gasteiger partial charge in [-0.3, -0.25) is 9.69 Å². The van der Waals surface area contributed by atoms with Gasteiger partial charge in [-0.25, -0.2) is 5.43 Å². The van der Waals surface area contributed by atoms with Gasteiger partial charge in [-0.05, 0) is 70.7 Å². The second kappa shape index (κ2) is 22.8. The number of hydrazone groups is 1. The average Bonchev–Trinajstić information content (AvgIpc) is 2.80. The number of amides is 1. The third-order valence-electron chi connectivity index (χ3n) is 3.93. The lowest BCUT2D eigenvalue weighted by atomic mass is 10.2. The van der Waals surface area contributed by atoms with Gasteiger partial charge in [0.05, 0.1) is 6.21 Å². The quantitative estimate of drug-likeness (QED) is 0.288. The molecule has 2 N–H and O–H groups in total. The first kappa shape index (κ1) is 32.8. The van der Waals surface area contributed by atoms with Crippen molar-refractivity contribution in [3.05, 3.63) is 66.2 Å². The van der Waals surface area contributed by atoms with Crippen LogP contribution < -0.4 is 10.2 Å². The van der Waals surface area contributed by atoms with Crippen LogP contribution in [-0.2, 0) is 4.79 Å². The Morgan fingerprint density at radius 3 is 1.82 bits per heavy atom. The molecule has 33 heavy (non-hydrogen) atoms. The third-order valence-corrected chi connectivity index (χ3v) is 3.93. The lowest BCUT2D eigenvalue weighted by molar-refractivity contribution is -0.118. The number of carbonyl (C=O) groups excluding carboxylic acids is 1. The Bertz CT molecular complexity index is 674. The number of nitrogens with one attached hydrogen (secondary N) is 1. The topological polar surface area (TPSA) is 74.2 Å². The monoisotopic (exact) mass is 477 g/mol. The van der Waals surface area contributed by atoms with E-state index in [1.165, 1.54) is 6.92 Å². The molecule has 0 saturated carbocycles. The maximum absolute atomic E-state index is 10.7. The van der Waals surface area contributed by atoms with Crippen LogP contribution in [0.1, 0.15) is 47.1 Å². The van der Waals surface area contributed by atoms with Crippen molar-refractivity contribution in [2.75, 3.05) is 26.0 Å². The van der Waals surface area contributed by atoms with E-state index in [1.807, 2.05) is 60.7 Å². The summed E-state index contributed by atoms with van der Waals surface area (Å²) in [7, 11) is 0. The van der Waals surface area contributed by atoms with Crippen LogP contribution in [0.2, 0.25) is 0 Å². The largest absolute Gasteiger partial charge is 0.492 e. The second-order valence-electron chi connectivity index (χ2n) is 7.24. The molecule has 2 aromatic carbocycles. The summed E-state index contributed by atoms with van der Waals surface area (Å²) >= 11 is 3.53. The Balaban J connectivity index is 0. The highest BCUT2D eigenvalue weighted by Crippen LogP contribution is 2.12. The first-order chi connectivity index (χ1) is 15.8. The fraction of sp³-hybridized carbons (Fsp3) is 0.462. The van der Waals surface area contributed by atoms with Crippen molar-refractivity contribution in [3.63, 3.8) is 0 Å². The number of thiol groups is 1. The standard InChI is InChI=1S/C17H27N3O2.C6H6.C2H6O.CH4S/c1-13(2)20(14(3)4)10-11-22-17-8-6-16(7-9-17)12-18-19-15(5)21;1-2-4-6-5-3-1;1-2-3;1-2/h6-9,12-14H,10-11H2,1-5H3,(H,19,21);1-6H;3H,2H2,1H3;2H,1H3/b18-12+;;;. The molecule has 0 unspecified atom stereocenters. The molecule has 2 rings (SSSR count). The Hall–Kier alpha value is -2.35. The average molecular weight is 478 g/mol. The minimum Gasteiger partial charge on any atom is -0.492 e. The van der Waals surface area contributed by atoms with E-state index >= 15 is 0 Å². The number of aliphatic hydroxyl groups is 1. The maximum atomic E-state index is 10.7. The number of hydrogen-bond donors (Lipinski definition) is 3. The van der Waals surface area contributed by atoms with E-state index in [0.29, 0.717) is 18.7 Å². The van der Waals surface area contributed by atoms with E-state index in [4.69, 9.17) is 9.84 Å². The van der Waals surface area contributed by atoms with Crippen molar-refractivity contribution >= 4 is 24.8 Å². The van der Waals surface area contributed by atoms with Gasteiger partial charge in [0.15, 0.2) is 0 Å². The lowest BCUT2D eigenvalue weighted by Crippen LogP contribution is -2.39. The van der Waals surface area contributed by atoms with Crippen LogP contribution in [0, 0.1) is 0 Å². The molecule has 0 spiro atoms. The summed E-state index contributed by atoms with van der Waals surface area (Å²) < 4.78 is 5.78. The number of aliphatic hydroxyl groups excluding tert-OH is 1. The molecule has 0 aromatic heterocycles. The SMILES string of the molecule is CC(=O)N/N=C/c1ccc(OCCN(C(C)C)C(C)C)cc1.CCO.CS.c1ccccc1. The smallest absolute Gasteiger partial charge is 0.236 e. The summed E-state index contributed by atoms with van der Waals surface area (Å²) in [5.74, 6) is 0.653. The van der Waals surface area contributed by atoms with Crippen LogP contribution in [0.3, 0.4) is 0 Å². The van der Waals surface area contributed by atoms with E-state index in [-0.39, 0.29) is 12.5 Å². The van der Waals surface area contributed by atoms with Gasteiger partial charge in [-0.2, -0.15) is 17.7 Å². The Kier molecular flexibility index (Phi) is 22.7.